The van der Waals surface area contributed by atoms with E-state index in [-0.39, 0.29) is 30.4 Å². The molecule has 0 spiro atoms. The number of hydrogen-bond donors (Lipinski definition) is 2. The Bertz CT molecular complexity index is 279. The number of amides is 2. The maximum Gasteiger partial charge on any atom is 0.241 e. The molecule has 2 rings (SSSR count). The number of piperazine rings is 1. The van der Waals surface area contributed by atoms with E-state index in [1.165, 1.54) is 0 Å². The minimum atomic E-state index is -0.302. The molecule has 0 radical (unpaired) electrons. The van der Waals surface area contributed by atoms with E-state index in [4.69, 9.17) is 4.74 Å². The van der Waals surface area contributed by atoms with Crippen molar-refractivity contribution in [3.8, 4) is 0 Å². The Kier molecular flexibility index (Phi) is 3.40. The maximum absolute atomic E-state index is 12.0. The zero-order chi connectivity index (χ0) is 11.5. The van der Waals surface area contributed by atoms with Gasteiger partial charge in [0.25, 0.3) is 0 Å². The summed E-state index contributed by atoms with van der Waals surface area (Å²) in [6.07, 6.45) is 0.890. The fraction of sp³-hybridized carbons (Fsp3) is 0.800. The van der Waals surface area contributed by atoms with Gasteiger partial charge in [-0.2, -0.15) is 0 Å². The Morgan fingerprint density at radius 2 is 2.38 bits per heavy atom. The summed E-state index contributed by atoms with van der Waals surface area (Å²) in [6.45, 7) is 1.92. The lowest BCUT2D eigenvalue weighted by Gasteiger charge is -2.30. The highest BCUT2D eigenvalue weighted by atomic mass is 16.5. The first-order valence-electron chi connectivity index (χ1n) is 5.53. The molecule has 0 aromatic carbocycles. The van der Waals surface area contributed by atoms with Crippen LogP contribution in [0.3, 0.4) is 0 Å². The van der Waals surface area contributed by atoms with Gasteiger partial charge in [0.1, 0.15) is 6.04 Å². The van der Waals surface area contributed by atoms with Crippen LogP contribution in [-0.2, 0) is 14.3 Å². The standard InChI is InChI=1S/C10H17N3O3/c1-13(7-2-3-16-6-7)10(15)8-4-12-9(14)5-11-8/h7-8,11H,2-6H2,1H3,(H,12,14). The molecule has 0 bridgehead atoms. The van der Waals surface area contributed by atoms with Gasteiger partial charge in [-0.25, -0.2) is 0 Å². The molecule has 2 saturated heterocycles. The summed E-state index contributed by atoms with van der Waals surface area (Å²) in [6, 6.07) is -0.129. The van der Waals surface area contributed by atoms with Gasteiger partial charge < -0.3 is 15.0 Å². The van der Waals surface area contributed by atoms with Crippen molar-refractivity contribution in [1.82, 2.24) is 15.5 Å². The topological polar surface area (TPSA) is 70.7 Å². The van der Waals surface area contributed by atoms with Crippen molar-refractivity contribution < 1.29 is 14.3 Å². The lowest BCUT2D eigenvalue weighted by molar-refractivity contribution is -0.135. The van der Waals surface area contributed by atoms with Crippen LogP contribution in [0.15, 0.2) is 0 Å². The van der Waals surface area contributed by atoms with Gasteiger partial charge in [-0.05, 0) is 6.42 Å². The molecule has 2 aliphatic heterocycles. The monoisotopic (exact) mass is 227 g/mol. The molecule has 2 amide bonds. The summed E-state index contributed by atoms with van der Waals surface area (Å²) in [5.74, 6) is -0.0357. The molecule has 0 aromatic heterocycles. The summed E-state index contributed by atoms with van der Waals surface area (Å²) in [4.78, 5) is 24.7. The van der Waals surface area contributed by atoms with E-state index in [9.17, 15) is 9.59 Å². The van der Waals surface area contributed by atoms with Gasteiger partial charge in [-0.1, -0.05) is 0 Å². The van der Waals surface area contributed by atoms with Gasteiger partial charge in [0.2, 0.25) is 11.8 Å². The summed E-state index contributed by atoms with van der Waals surface area (Å²) < 4.78 is 5.25. The van der Waals surface area contributed by atoms with Crippen LogP contribution >= 0.6 is 0 Å². The molecule has 6 heteroatoms. The Labute approximate surface area is 94.3 Å². The molecule has 16 heavy (non-hydrogen) atoms. The summed E-state index contributed by atoms with van der Waals surface area (Å²) in [7, 11) is 1.79. The maximum atomic E-state index is 12.0. The summed E-state index contributed by atoms with van der Waals surface area (Å²) in [5, 5.41) is 5.61. The minimum absolute atomic E-state index is 0.0236. The van der Waals surface area contributed by atoms with Crippen LogP contribution < -0.4 is 10.6 Å². The van der Waals surface area contributed by atoms with Crippen molar-refractivity contribution >= 4 is 11.8 Å². The van der Waals surface area contributed by atoms with Gasteiger partial charge in [-0.15, -0.1) is 0 Å². The second-order valence-corrected chi connectivity index (χ2v) is 4.20. The third kappa shape index (κ3) is 2.33. The number of nitrogens with zero attached hydrogens (tertiary/aromatic N) is 1. The summed E-state index contributed by atoms with van der Waals surface area (Å²) in [5.41, 5.74) is 0. The van der Waals surface area contributed by atoms with Crippen LogP contribution in [0.25, 0.3) is 0 Å². The highest BCUT2D eigenvalue weighted by Gasteiger charge is 2.31. The molecule has 90 valence electrons. The van der Waals surface area contributed by atoms with E-state index in [1.807, 2.05) is 0 Å². The Morgan fingerprint density at radius 1 is 1.56 bits per heavy atom. The Hall–Kier alpha value is -1.14. The van der Waals surface area contributed by atoms with E-state index in [2.05, 4.69) is 10.6 Å². The number of carbonyl (C=O) groups is 2. The van der Waals surface area contributed by atoms with Crippen LogP contribution in [0.4, 0.5) is 0 Å². The van der Waals surface area contributed by atoms with E-state index in [1.54, 1.807) is 11.9 Å². The summed E-state index contributed by atoms with van der Waals surface area (Å²) >= 11 is 0. The molecule has 2 fully saturated rings. The molecule has 2 aliphatic rings. The molecular formula is C10H17N3O3. The normalized spacial score (nSPS) is 29.9. The smallest absolute Gasteiger partial charge is 0.241 e. The van der Waals surface area contributed by atoms with Crippen molar-refractivity contribution in [3.05, 3.63) is 0 Å². The minimum Gasteiger partial charge on any atom is -0.379 e. The van der Waals surface area contributed by atoms with Gasteiger partial charge in [0, 0.05) is 20.2 Å². The predicted molar refractivity (Wildman–Crippen MR) is 56.8 cm³/mol. The average Bonchev–Trinajstić information content (AvgIpc) is 2.81. The SMILES string of the molecule is CN(C(=O)C1CNC(=O)CN1)C1CCOC1. The van der Waals surface area contributed by atoms with Crippen molar-refractivity contribution in [2.24, 2.45) is 0 Å². The Morgan fingerprint density at radius 3 is 2.94 bits per heavy atom. The number of carbonyl (C=O) groups excluding carboxylic acids is 2. The first kappa shape index (κ1) is 11.3. The zero-order valence-electron chi connectivity index (χ0n) is 9.36. The Balaban J connectivity index is 1.88. The molecule has 2 heterocycles. The largest absolute Gasteiger partial charge is 0.379 e. The van der Waals surface area contributed by atoms with Gasteiger partial charge in [0.15, 0.2) is 0 Å². The second kappa shape index (κ2) is 4.80. The zero-order valence-corrected chi connectivity index (χ0v) is 9.36. The van der Waals surface area contributed by atoms with Crippen molar-refractivity contribution in [2.75, 3.05) is 33.4 Å². The highest BCUT2D eigenvalue weighted by molar-refractivity contribution is 5.86. The van der Waals surface area contributed by atoms with Crippen molar-refractivity contribution in [2.45, 2.75) is 18.5 Å². The molecule has 2 unspecified atom stereocenters. The van der Waals surface area contributed by atoms with Crippen LogP contribution in [0.5, 0.6) is 0 Å². The van der Waals surface area contributed by atoms with Gasteiger partial charge in [0.05, 0.1) is 19.2 Å². The number of nitrogens with one attached hydrogen (secondary N) is 2. The van der Waals surface area contributed by atoms with E-state index < -0.39 is 0 Å². The molecule has 6 nitrogen and oxygen atoms in total. The van der Waals surface area contributed by atoms with E-state index in [0.29, 0.717) is 13.2 Å². The average molecular weight is 227 g/mol. The number of ether oxygens (including phenoxy) is 1. The molecule has 2 atom stereocenters. The molecule has 2 N–H and O–H groups in total. The van der Waals surface area contributed by atoms with E-state index >= 15 is 0 Å². The molecule has 0 saturated carbocycles. The van der Waals surface area contributed by atoms with Crippen LogP contribution in [-0.4, -0.2) is 62.1 Å². The van der Waals surface area contributed by atoms with Crippen LogP contribution in [0, 0.1) is 0 Å². The number of rotatable bonds is 2. The first-order chi connectivity index (χ1) is 7.68. The third-order valence-corrected chi connectivity index (χ3v) is 3.11. The number of hydrogen-bond acceptors (Lipinski definition) is 4. The quantitative estimate of drug-likeness (QED) is 0.591. The van der Waals surface area contributed by atoms with Crippen LogP contribution in [0.1, 0.15) is 6.42 Å². The highest BCUT2D eigenvalue weighted by Crippen LogP contribution is 2.11. The van der Waals surface area contributed by atoms with Crippen molar-refractivity contribution in [1.29, 1.82) is 0 Å². The molecular weight excluding hydrogens is 210 g/mol. The lowest BCUT2D eigenvalue weighted by Crippen LogP contribution is -2.59. The fourth-order valence-electron chi connectivity index (χ4n) is 1.99. The number of likely N-dealkylation sites (N-methyl/N-ethyl adjacent to an activating group) is 1. The third-order valence-electron chi connectivity index (χ3n) is 3.11. The lowest BCUT2D eigenvalue weighted by atomic mass is 10.1. The molecule has 0 aromatic rings. The predicted octanol–water partition coefficient (Wildman–Crippen LogP) is -1.68. The van der Waals surface area contributed by atoms with Crippen LogP contribution in [0.2, 0.25) is 0 Å². The second-order valence-electron chi connectivity index (χ2n) is 4.20. The fourth-order valence-corrected chi connectivity index (χ4v) is 1.99. The van der Waals surface area contributed by atoms with Gasteiger partial charge in [-0.3, -0.25) is 14.9 Å². The first-order valence-corrected chi connectivity index (χ1v) is 5.53. The van der Waals surface area contributed by atoms with Crippen molar-refractivity contribution in [3.63, 3.8) is 0 Å². The van der Waals surface area contributed by atoms with E-state index in [0.717, 1.165) is 13.0 Å². The van der Waals surface area contributed by atoms with Gasteiger partial charge >= 0.3 is 0 Å². The molecule has 0 aliphatic carbocycles.